The quantitative estimate of drug-likeness (QED) is 0.694. The van der Waals surface area contributed by atoms with Crippen LogP contribution in [0.1, 0.15) is 15.9 Å². The molecule has 1 aromatic heterocycles. The lowest BCUT2D eigenvalue weighted by Crippen LogP contribution is -2.27. The zero-order valence-electron chi connectivity index (χ0n) is 15.6. The van der Waals surface area contributed by atoms with Crippen LogP contribution in [0.3, 0.4) is 0 Å². The first-order valence-electron chi connectivity index (χ1n) is 8.87. The molecule has 8 nitrogen and oxygen atoms in total. The maximum absolute atomic E-state index is 12.6. The van der Waals surface area contributed by atoms with Gasteiger partial charge in [0.1, 0.15) is 5.75 Å². The van der Waals surface area contributed by atoms with Crippen LogP contribution in [0, 0.1) is 0 Å². The second-order valence-corrected chi connectivity index (χ2v) is 8.45. The van der Waals surface area contributed by atoms with E-state index >= 15 is 0 Å². The molecule has 1 N–H and O–H groups in total. The number of nitrogens with one attached hydrogen (secondary N) is 1. The molecule has 0 atom stereocenters. The minimum Gasteiger partial charge on any atom is -0.424 e. The number of ether oxygens (including phenoxy) is 1. The van der Waals surface area contributed by atoms with Gasteiger partial charge in [-0.1, -0.05) is 0 Å². The van der Waals surface area contributed by atoms with Crippen molar-refractivity contribution < 1.29 is 17.9 Å². The summed E-state index contributed by atoms with van der Waals surface area (Å²) in [6, 6.07) is 13.8. The van der Waals surface area contributed by atoms with Gasteiger partial charge in [0.05, 0.1) is 11.9 Å². The van der Waals surface area contributed by atoms with Crippen LogP contribution in [0.4, 0.5) is 11.4 Å². The van der Waals surface area contributed by atoms with Crippen LogP contribution in [0.25, 0.3) is 0 Å². The SMILES string of the molecule is CS(=O)(=O)N1CCc2cc(C(=O)Nc3ccc(Oc4ncccn4)cc3)ccc21. The van der Waals surface area contributed by atoms with Crippen molar-refractivity contribution in [2.45, 2.75) is 6.42 Å². The number of amides is 1. The average Bonchev–Trinajstić information content (AvgIpc) is 3.14. The van der Waals surface area contributed by atoms with Gasteiger partial charge in [-0.3, -0.25) is 9.10 Å². The standard InChI is InChI=1S/C20H18N4O4S/c1-29(26,27)24-12-9-14-13-15(3-8-18(14)24)19(25)23-16-4-6-17(7-5-16)28-20-21-10-2-11-22-20/h2-8,10-11,13H,9,12H2,1H3,(H,23,25). The number of rotatable bonds is 5. The van der Waals surface area contributed by atoms with E-state index in [4.69, 9.17) is 4.74 Å². The molecule has 2 heterocycles. The lowest BCUT2D eigenvalue weighted by molar-refractivity contribution is 0.102. The molecule has 0 aliphatic carbocycles. The van der Waals surface area contributed by atoms with Gasteiger partial charge in [0.2, 0.25) is 10.0 Å². The van der Waals surface area contributed by atoms with E-state index in [9.17, 15) is 13.2 Å². The molecule has 0 spiro atoms. The van der Waals surface area contributed by atoms with Gasteiger partial charge < -0.3 is 10.1 Å². The number of benzene rings is 2. The van der Waals surface area contributed by atoms with Crippen molar-refractivity contribution in [2.75, 3.05) is 22.4 Å². The van der Waals surface area contributed by atoms with Crippen LogP contribution in [0.5, 0.6) is 11.8 Å². The molecule has 148 valence electrons. The highest BCUT2D eigenvalue weighted by molar-refractivity contribution is 7.92. The first-order valence-corrected chi connectivity index (χ1v) is 10.7. The summed E-state index contributed by atoms with van der Waals surface area (Å²) in [5, 5.41) is 2.82. The first-order chi connectivity index (χ1) is 13.9. The predicted octanol–water partition coefficient (Wildman–Crippen LogP) is 2.84. The highest BCUT2D eigenvalue weighted by atomic mass is 32.2. The highest BCUT2D eigenvalue weighted by Gasteiger charge is 2.26. The van der Waals surface area contributed by atoms with Gasteiger partial charge in [-0.25, -0.2) is 18.4 Å². The molecule has 0 unspecified atom stereocenters. The molecule has 1 amide bonds. The number of anilines is 2. The van der Waals surface area contributed by atoms with Crippen LogP contribution in [0.15, 0.2) is 60.9 Å². The van der Waals surface area contributed by atoms with Gasteiger partial charge in [-0.05, 0) is 60.5 Å². The number of carbonyl (C=O) groups is 1. The second-order valence-electron chi connectivity index (χ2n) is 6.54. The fourth-order valence-electron chi connectivity index (χ4n) is 3.11. The van der Waals surface area contributed by atoms with Gasteiger partial charge in [0.15, 0.2) is 0 Å². The van der Waals surface area contributed by atoms with Crippen molar-refractivity contribution in [1.29, 1.82) is 0 Å². The molecule has 0 bridgehead atoms. The van der Waals surface area contributed by atoms with Crippen LogP contribution >= 0.6 is 0 Å². The average molecular weight is 410 g/mol. The van der Waals surface area contributed by atoms with E-state index < -0.39 is 10.0 Å². The summed E-state index contributed by atoms with van der Waals surface area (Å²) in [5.74, 6) is 0.276. The molecule has 0 fully saturated rings. The summed E-state index contributed by atoms with van der Waals surface area (Å²) >= 11 is 0. The number of nitrogens with zero attached hydrogens (tertiary/aromatic N) is 3. The second kappa shape index (κ2) is 7.51. The summed E-state index contributed by atoms with van der Waals surface area (Å²) in [6.45, 7) is 0.395. The topological polar surface area (TPSA) is 101 Å². The monoisotopic (exact) mass is 410 g/mol. The highest BCUT2D eigenvalue weighted by Crippen LogP contribution is 2.31. The lowest BCUT2D eigenvalue weighted by Gasteiger charge is -2.16. The van der Waals surface area contributed by atoms with E-state index in [-0.39, 0.29) is 11.9 Å². The number of hydrogen-bond acceptors (Lipinski definition) is 6. The smallest absolute Gasteiger partial charge is 0.321 e. The van der Waals surface area contributed by atoms with Crippen molar-refractivity contribution in [1.82, 2.24) is 9.97 Å². The predicted molar refractivity (Wildman–Crippen MR) is 109 cm³/mol. The summed E-state index contributed by atoms with van der Waals surface area (Å²) < 4.78 is 30.5. The van der Waals surface area contributed by atoms with E-state index in [1.807, 2.05) is 0 Å². The van der Waals surface area contributed by atoms with Crippen molar-refractivity contribution in [3.63, 3.8) is 0 Å². The Bertz CT molecular complexity index is 1150. The summed E-state index contributed by atoms with van der Waals surface area (Å²) in [6.07, 6.45) is 4.93. The number of sulfonamides is 1. The van der Waals surface area contributed by atoms with Gasteiger partial charge in [-0.2, -0.15) is 0 Å². The van der Waals surface area contributed by atoms with Crippen molar-refractivity contribution in [3.05, 3.63) is 72.1 Å². The van der Waals surface area contributed by atoms with E-state index in [0.29, 0.717) is 35.7 Å². The Labute approximate surface area is 168 Å². The van der Waals surface area contributed by atoms with Crippen molar-refractivity contribution >= 4 is 27.3 Å². The number of aromatic nitrogens is 2. The van der Waals surface area contributed by atoms with Gasteiger partial charge in [0, 0.05) is 30.2 Å². The third kappa shape index (κ3) is 4.19. The third-order valence-electron chi connectivity index (χ3n) is 4.46. The first kappa shape index (κ1) is 18.9. The van der Waals surface area contributed by atoms with Crippen LogP contribution in [0.2, 0.25) is 0 Å². The molecule has 1 aliphatic heterocycles. The number of carbonyl (C=O) groups excluding carboxylic acids is 1. The van der Waals surface area contributed by atoms with Gasteiger partial charge in [0.25, 0.3) is 5.91 Å². The third-order valence-corrected chi connectivity index (χ3v) is 5.64. The normalized spacial score (nSPS) is 13.1. The minimum absolute atomic E-state index is 0.241. The molecule has 3 aromatic rings. The summed E-state index contributed by atoms with van der Waals surface area (Å²) in [5.41, 5.74) is 2.55. The van der Waals surface area contributed by atoms with E-state index in [1.54, 1.807) is 60.9 Å². The Balaban J connectivity index is 1.45. The molecule has 9 heteroatoms. The van der Waals surface area contributed by atoms with Gasteiger partial charge >= 0.3 is 6.01 Å². The Morgan fingerprint density at radius 2 is 1.83 bits per heavy atom. The van der Waals surface area contributed by atoms with Crippen molar-refractivity contribution in [3.8, 4) is 11.8 Å². The lowest BCUT2D eigenvalue weighted by atomic mass is 10.1. The Morgan fingerprint density at radius 3 is 2.52 bits per heavy atom. The minimum atomic E-state index is -3.31. The van der Waals surface area contributed by atoms with E-state index in [0.717, 1.165) is 5.56 Å². The van der Waals surface area contributed by atoms with Crippen LogP contribution in [-0.2, 0) is 16.4 Å². The van der Waals surface area contributed by atoms with E-state index in [1.165, 1.54) is 10.6 Å². The Hall–Kier alpha value is -3.46. The molecule has 0 radical (unpaired) electrons. The van der Waals surface area contributed by atoms with Crippen LogP contribution < -0.4 is 14.4 Å². The molecular formula is C20H18N4O4S. The molecule has 29 heavy (non-hydrogen) atoms. The Kier molecular flexibility index (Phi) is 4.89. The molecular weight excluding hydrogens is 392 g/mol. The maximum Gasteiger partial charge on any atom is 0.321 e. The molecule has 0 saturated carbocycles. The molecule has 0 saturated heterocycles. The zero-order chi connectivity index (χ0) is 20.4. The molecule has 2 aromatic carbocycles. The molecule has 4 rings (SSSR count). The Morgan fingerprint density at radius 1 is 1.10 bits per heavy atom. The van der Waals surface area contributed by atoms with Crippen LogP contribution in [-0.4, -0.2) is 37.1 Å². The zero-order valence-corrected chi connectivity index (χ0v) is 16.4. The van der Waals surface area contributed by atoms with Gasteiger partial charge in [-0.15, -0.1) is 0 Å². The fourth-order valence-corrected chi connectivity index (χ4v) is 4.07. The number of fused-ring (bicyclic) bond motifs is 1. The summed E-state index contributed by atoms with van der Waals surface area (Å²) in [4.78, 5) is 20.6. The molecule has 1 aliphatic rings. The fraction of sp³-hybridized carbons (Fsp3) is 0.150. The maximum atomic E-state index is 12.6. The largest absolute Gasteiger partial charge is 0.424 e. The summed E-state index contributed by atoms with van der Waals surface area (Å²) in [7, 11) is -3.31. The van der Waals surface area contributed by atoms with Crippen molar-refractivity contribution in [2.24, 2.45) is 0 Å². The van der Waals surface area contributed by atoms with E-state index in [2.05, 4.69) is 15.3 Å². The number of hydrogen-bond donors (Lipinski definition) is 1.